The van der Waals surface area contributed by atoms with Crippen LogP contribution >= 0.6 is 11.8 Å². The van der Waals surface area contributed by atoms with Crippen molar-refractivity contribution in [1.29, 1.82) is 0 Å². The minimum absolute atomic E-state index is 0.200. The van der Waals surface area contributed by atoms with Crippen LogP contribution < -0.4 is 10.1 Å². The van der Waals surface area contributed by atoms with E-state index in [1.165, 1.54) is 6.33 Å². The summed E-state index contributed by atoms with van der Waals surface area (Å²) >= 11 is 1.59. The maximum absolute atomic E-state index is 12.8. The van der Waals surface area contributed by atoms with Gasteiger partial charge in [-0.2, -0.15) is 5.10 Å². The van der Waals surface area contributed by atoms with Crippen LogP contribution in [0.25, 0.3) is 11.0 Å². The van der Waals surface area contributed by atoms with Gasteiger partial charge in [-0.15, -0.1) is 11.8 Å². The lowest BCUT2D eigenvalue weighted by Crippen LogP contribution is -2.12. The van der Waals surface area contributed by atoms with E-state index >= 15 is 0 Å². The summed E-state index contributed by atoms with van der Waals surface area (Å²) in [6, 6.07) is 24.4. The lowest BCUT2D eigenvalue weighted by molar-refractivity contribution is 0.102. The van der Waals surface area contributed by atoms with Crippen molar-refractivity contribution >= 4 is 34.4 Å². The number of aromatic nitrogens is 4. The number of nitrogens with one attached hydrogen (secondary N) is 2. The molecular weight excluding hydrogens is 434 g/mol. The normalized spacial score (nSPS) is 10.8. The Kier molecular flexibility index (Phi) is 5.99. The summed E-state index contributed by atoms with van der Waals surface area (Å²) in [5.74, 6) is 1.82. The van der Waals surface area contributed by atoms with Crippen LogP contribution in [0.5, 0.6) is 11.5 Å². The number of ether oxygens (including phenoxy) is 1. The number of anilines is 1. The minimum atomic E-state index is -0.200. The number of hydrogen-bond donors (Lipinski definition) is 2. The number of fused-ring (bicyclic) bond motifs is 1. The molecule has 0 atom stereocenters. The van der Waals surface area contributed by atoms with E-state index in [9.17, 15) is 4.79 Å². The first-order valence-electron chi connectivity index (χ1n) is 10.2. The highest BCUT2D eigenvalue weighted by Crippen LogP contribution is 2.27. The van der Waals surface area contributed by atoms with Gasteiger partial charge in [-0.3, -0.25) is 9.89 Å². The van der Waals surface area contributed by atoms with Gasteiger partial charge in [0.2, 0.25) is 0 Å². The van der Waals surface area contributed by atoms with E-state index in [2.05, 4.69) is 25.5 Å². The smallest absolute Gasteiger partial charge is 0.255 e. The number of nitrogens with zero attached hydrogens (tertiary/aromatic N) is 3. The summed E-state index contributed by atoms with van der Waals surface area (Å²) in [6.45, 7) is 0. The summed E-state index contributed by atoms with van der Waals surface area (Å²) in [5.41, 5.74) is 3.02. The molecule has 0 radical (unpaired) electrons. The molecule has 1 amide bonds. The highest BCUT2D eigenvalue weighted by molar-refractivity contribution is 7.98. The summed E-state index contributed by atoms with van der Waals surface area (Å²) in [6.07, 6.45) is 3.25. The first-order chi connectivity index (χ1) is 16.2. The van der Waals surface area contributed by atoms with Crippen LogP contribution in [0.4, 0.5) is 5.69 Å². The van der Waals surface area contributed by atoms with Crippen LogP contribution in [0, 0.1) is 0 Å². The van der Waals surface area contributed by atoms with Gasteiger partial charge in [-0.25, -0.2) is 9.97 Å². The van der Waals surface area contributed by atoms with Crippen LogP contribution in [-0.2, 0) is 5.75 Å². The Morgan fingerprint density at radius 2 is 1.79 bits per heavy atom. The van der Waals surface area contributed by atoms with Gasteiger partial charge in [0.05, 0.1) is 11.6 Å². The topological polar surface area (TPSA) is 92.8 Å². The molecule has 8 heteroatoms. The minimum Gasteiger partial charge on any atom is -0.457 e. The molecular formula is C25H19N5O2S. The van der Waals surface area contributed by atoms with Gasteiger partial charge in [-0.05, 0) is 48.0 Å². The molecule has 2 aromatic heterocycles. The molecule has 33 heavy (non-hydrogen) atoms. The zero-order valence-electron chi connectivity index (χ0n) is 17.4. The fourth-order valence-corrected chi connectivity index (χ4v) is 4.19. The summed E-state index contributed by atoms with van der Waals surface area (Å²) in [7, 11) is 0. The second kappa shape index (κ2) is 9.54. The lowest BCUT2D eigenvalue weighted by Gasteiger charge is -2.10. The molecule has 0 aliphatic rings. The van der Waals surface area contributed by atoms with Crippen LogP contribution in [0.15, 0.2) is 96.4 Å². The first-order valence-corrected chi connectivity index (χ1v) is 11.2. The van der Waals surface area contributed by atoms with Gasteiger partial charge in [0.25, 0.3) is 5.91 Å². The molecule has 0 spiro atoms. The van der Waals surface area contributed by atoms with Crippen molar-refractivity contribution in [3.8, 4) is 11.5 Å². The quantitative estimate of drug-likeness (QED) is 0.243. The zero-order chi connectivity index (χ0) is 22.5. The average molecular weight is 454 g/mol. The van der Waals surface area contributed by atoms with Crippen molar-refractivity contribution in [2.24, 2.45) is 0 Å². The fraction of sp³-hybridized carbons (Fsp3) is 0.0400. The Balaban J connectivity index is 1.25. The largest absolute Gasteiger partial charge is 0.457 e. The molecule has 0 aliphatic heterocycles. The number of carbonyl (C=O) groups is 1. The second-order valence-electron chi connectivity index (χ2n) is 7.20. The van der Waals surface area contributed by atoms with Gasteiger partial charge in [0.15, 0.2) is 5.65 Å². The molecule has 5 aromatic rings. The molecule has 5 rings (SSSR count). The Labute approximate surface area is 194 Å². The summed E-state index contributed by atoms with van der Waals surface area (Å²) in [5, 5.41) is 11.6. The van der Waals surface area contributed by atoms with Crippen molar-refractivity contribution < 1.29 is 9.53 Å². The van der Waals surface area contributed by atoms with Crippen LogP contribution in [-0.4, -0.2) is 26.1 Å². The standard InChI is InChI=1S/C25H19N5O2S/c31-24(18-7-5-11-21(13-18)32-20-9-2-1-3-10-20)29-19-8-4-6-17(12-19)15-33-25-22-14-28-30-23(22)26-16-27-25/h1-14,16H,15H2,(H,29,31)(H,26,27,28,30). The number of thioether (sulfide) groups is 1. The number of aromatic amines is 1. The molecule has 0 aliphatic carbocycles. The predicted octanol–water partition coefficient (Wildman–Crippen LogP) is 5.69. The van der Waals surface area contributed by atoms with Gasteiger partial charge in [0, 0.05) is 17.0 Å². The van der Waals surface area contributed by atoms with Crippen LogP contribution in [0.2, 0.25) is 0 Å². The molecule has 0 bridgehead atoms. The Hall–Kier alpha value is -4.17. The molecule has 0 saturated carbocycles. The third kappa shape index (κ3) is 5.02. The number of rotatable bonds is 7. The van der Waals surface area contributed by atoms with Crippen molar-refractivity contribution in [2.75, 3.05) is 5.32 Å². The fourth-order valence-electron chi connectivity index (χ4n) is 3.28. The number of hydrogen-bond acceptors (Lipinski definition) is 6. The van der Waals surface area contributed by atoms with E-state index in [0.29, 0.717) is 22.7 Å². The van der Waals surface area contributed by atoms with Crippen molar-refractivity contribution in [3.05, 3.63) is 103 Å². The number of amides is 1. The number of para-hydroxylation sites is 1. The number of carbonyl (C=O) groups excluding carboxylic acids is 1. The van der Waals surface area contributed by atoms with Gasteiger partial charge >= 0.3 is 0 Å². The molecule has 2 heterocycles. The molecule has 0 fully saturated rings. The monoisotopic (exact) mass is 453 g/mol. The second-order valence-corrected chi connectivity index (χ2v) is 8.16. The van der Waals surface area contributed by atoms with Gasteiger partial charge < -0.3 is 10.1 Å². The van der Waals surface area contributed by atoms with Crippen molar-refractivity contribution in [1.82, 2.24) is 20.2 Å². The molecule has 162 valence electrons. The Morgan fingerprint density at radius 3 is 2.70 bits per heavy atom. The Morgan fingerprint density at radius 1 is 0.939 bits per heavy atom. The molecule has 0 unspecified atom stereocenters. The van der Waals surface area contributed by atoms with Gasteiger partial charge in [0.1, 0.15) is 22.9 Å². The highest BCUT2D eigenvalue weighted by Gasteiger charge is 2.10. The van der Waals surface area contributed by atoms with E-state index in [1.807, 2.05) is 60.7 Å². The van der Waals surface area contributed by atoms with E-state index in [4.69, 9.17) is 4.74 Å². The van der Waals surface area contributed by atoms with Crippen LogP contribution in [0.3, 0.4) is 0 Å². The average Bonchev–Trinajstić information content (AvgIpc) is 3.33. The highest BCUT2D eigenvalue weighted by atomic mass is 32.2. The van der Waals surface area contributed by atoms with E-state index in [-0.39, 0.29) is 5.91 Å². The number of benzene rings is 3. The zero-order valence-corrected chi connectivity index (χ0v) is 18.3. The first kappa shape index (κ1) is 20.7. The lowest BCUT2D eigenvalue weighted by atomic mass is 10.1. The van der Waals surface area contributed by atoms with E-state index < -0.39 is 0 Å². The number of H-pyrrole nitrogens is 1. The maximum atomic E-state index is 12.8. The Bertz CT molecular complexity index is 1400. The summed E-state index contributed by atoms with van der Waals surface area (Å²) < 4.78 is 5.84. The molecule has 2 N–H and O–H groups in total. The molecule has 0 saturated heterocycles. The maximum Gasteiger partial charge on any atom is 0.255 e. The van der Waals surface area contributed by atoms with E-state index in [1.54, 1.807) is 36.2 Å². The molecule has 7 nitrogen and oxygen atoms in total. The van der Waals surface area contributed by atoms with Gasteiger partial charge in [-0.1, -0.05) is 36.4 Å². The third-order valence-electron chi connectivity index (χ3n) is 4.85. The SMILES string of the molecule is O=C(Nc1cccc(CSc2ncnc3[nH]ncc23)c1)c1cccc(Oc2ccccc2)c1. The van der Waals surface area contributed by atoms with Crippen LogP contribution in [0.1, 0.15) is 15.9 Å². The van der Waals surface area contributed by atoms with E-state index in [0.717, 1.165) is 27.4 Å². The summed E-state index contributed by atoms with van der Waals surface area (Å²) in [4.78, 5) is 21.3. The molecule has 3 aromatic carbocycles. The predicted molar refractivity (Wildman–Crippen MR) is 129 cm³/mol. The third-order valence-corrected chi connectivity index (χ3v) is 5.92. The van der Waals surface area contributed by atoms with Crippen molar-refractivity contribution in [3.63, 3.8) is 0 Å². The van der Waals surface area contributed by atoms with Crippen molar-refractivity contribution in [2.45, 2.75) is 10.8 Å².